The van der Waals surface area contributed by atoms with Crippen LogP contribution in [0.4, 0.5) is 10.5 Å². The number of aryl methyl sites for hydroxylation is 2. The van der Waals surface area contributed by atoms with Crippen LogP contribution in [0.3, 0.4) is 0 Å². The highest BCUT2D eigenvalue weighted by atomic mass is 32.2. The fourth-order valence-corrected chi connectivity index (χ4v) is 8.54. The van der Waals surface area contributed by atoms with Crippen LogP contribution in [0.2, 0.25) is 0 Å². The van der Waals surface area contributed by atoms with Gasteiger partial charge in [-0.1, -0.05) is 23.8 Å². The molecule has 2 aromatic carbocycles. The van der Waals surface area contributed by atoms with Crippen molar-refractivity contribution in [3.63, 3.8) is 0 Å². The summed E-state index contributed by atoms with van der Waals surface area (Å²) in [5, 5.41) is 2.39. The minimum atomic E-state index is -0.446. The maximum absolute atomic E-state index is 13.2. The Bertz CT molecular complexity index is 1330. The van der Waals surface area contributed by atoms with Gasteiger partial charge in [0.15, 0.2) is 0 Å². The molecule has 1 aliphatic heterocycles. The lowest BCUT2D eigenvalue weighted by Gasteiger charge is -2.57. The van der Waals surface area contributed by atoms with Crippen molar-refractivity contribution >= 4 is 40.6 Å². The first-order chi connectivity index (χ1) is 18.2. The molecule has 38 heavy (non-hydrogen) atoms. The number of anilines is 1. The van der Waals surface area contributed by atoms with Crippen LogP contribution in [0.25, 0.3) is 6.08 Å². The van der Waals surface area contributed by atoms with Crippen LogP contribution in [-0.4, -0.2) is 35.6 Å². The third-order valence-corrected chi connectivity index (χ3v) is 9.91. The summed E-state index contributed by atoms with van der Waals surface area (Å²) in [7, 11) is 1.63. The van der Waals surface area contributed by atoms with Gasteiger partial charge in [0, 0.05) is 11.3 Å². The van der Waals surface area contributed by atoms with Gasteiger partial charge in [-0.15, -0.1) is 0 Å². The van der Waals surface area contributed by atoms with Crippen LogP contribution in [0, 0.1) is 31.6 Å². The zero-order valence-corrected chi connectivity index (χ0v) is 23.0. The number of ether oxygens (including phenoxy) is 1. The van der Waals surface area contributed by atoms with Crippen molar-refractivity contribution in [1.29, 1.82) is 0 Å². The van der Waals surface area contributed by atoms with Gasteiger partial charge in [-0.05, 0) is 123 Å². The number of hydrogen-bond acceptors (Lipinski definition) is 5. The van der Waals surface area contributed by atoms with Gasteiger partial charge in [0.05, 0.1) is 12.0 Å². The van der Waals surface area contributed by atoms with Crippen LogP contribution in [0.5, 0.6) is 5.75 Å². The fourth-order valence-electron chi connectivity index (χ4n) is 7.71. The Morgan fingerprint density at radius 3 is 2.37 bits per heavy atom. The van der Waals surface area contributed by atoms with Crippen molar-refractivity contribution in [3.8, 4) is 5.75 Å². The number of imide groups is 1. The first kappa shape index (κ1) is 25.2. The summed E-state index contributed by atoms with van der Waals surface area (Å²) in [5.41, 5.74) is 5.06. The molecule has 1 saturated heterocycles. The molecule has 0 aromatic heterocycles. The standard InChI is InChI=1S/C31H34N2O4S/c1-18-4-6-25(19(2)8-18)32-28(34)17-33-29(35)27(38-30(33)36)13-23-12-24(5-7-26(23)37-3)31-14-20-9-21(15-31)11-22(10-20)16-31/h4-8,12-13,20-22H,9-11,14-17H2,1-3H3,(H,32,34)/b27-13+. The first-order valence-corrected chi connectivity index (χ1v) is 14.4. The Morgan fingerprint density at radius 1 is 1.05 bits per heavy atom. The molecule has 4 saturated carbocycles. The molecule has 2 aromatic rings. The van der Waals surface area contributed by atoms with Crippen molar-refractivity contribution in [2.75, 3.05) is 19.0 Å². The zero-order chi connectivity index (χ0) is 26.6. The van der Waals surface area contributed by atoms with Crippen LogP contribution < -0.4 is 10.1 Å². The number of nitrogens with zero attached hydrogens (tertiary/aromatic N) is 1. The third-order valence-electron chi connectivity index (χ3n) is 9.00. The highest BCUT2D eigenvalue weighted by Gasteiger charge is 2.51. The van der Waals surface area contributed by atoms with Crippen LogP contribution in [-0.2, 0) is 15.0 Å². The predicted molar refractivity (Wildman–Crippen MR) is 150 cm³/mol. The summed E-state index contributed by atoms with van der Waals surface area (Å²) in [6.45, 7) is 3.58. The minimum absolute atomic E-state index is 0.217. The summed E-state index contributed by atoms with van der Waals surface area (Å²) in [4.78, 5) is 40.0. The van der Waals surface area contributed by atoms with Gasteiger partial charge in [-0.25, -0.2) is 0 Å². The number of carbonyl (C=O) groups excluding carboxylic acids is 3. The van der Waals surface area contributed by atoms with E-state index in [1.54, 1.807) is 13.2 Å². The van der Waals surface area contributed by atoms with Crippen molar-refractivity contribution < 1.29 is 19.1 Å². The van der Waals surface area contributed by atoms with Gasteiger partial charge in [0.2, 0.25) is 5.91 Å². The van der Waals surface area contributed by atoms with E-state index in [2.05, 4.69) is 17.4 Å². The van der Waals surface area contributed by atoms with E-state index in [0.29, 0.717) is 16.3 Å². The summed E-state index contributed by atoms with van der Waals surface area (Å²) in [6.07, 6.45) is 9.64. The molecular formula is C31H34N2O4S. The monoisotopic (exact) mass is 530 g/mol. The molecule has 7 heteroatoms. The average Bonchev–Trinajstić information content (AvgIpc) is 3.12. The van der Waals surface area contributed by atoms with Gasteiger partial charge in [-0.2, -0.15) is 0 Å². The van der Waals surface area contributed by atoms with Crippen LogP contribution in [0.15, 0.2) is 41.3 Å². The first-order valence-electron chi connectivity index (χ1n) is 13.5. The van der Waals surface area contributed by atoms with E-state index in [9.17, 15) is 14.4 Å². The SMILES string of the molecule is COc1ccc(C23CC4CC(CC(C4)C2)C3)cc1/C=C1/SC(=O)N(CC(=O)Nc2ccc(C)cc2C)C1=O. The normalized spacial score (nSPS) is 28.9. The number of nitrogens with one attached hydrogen (secondary N) is 1. The Hall–Kier alpha value is -3.06. The zero-order valence-electron chi connectivity index (χ0n) is 22.2. The molecule has 0 unspecified atom stereocenters. The maximum atomic E-state index is 13.2. The summed E-state index contributed by atoms with van der Waals surface area (Å²) in [5.74, 6) is 2.33. The molecule has 198 valence electrons. The summed E-state index contributed by atoms with van der Waals surface area (Å²) < 4.78 is 5.64. The van der Waals surface area contributed by atoms with Crippen molar-refractivity contribution in [2.45, 2.75) is 57.8 Å². The van der Waals surface area contributed by atoms with Gasteiger partial charge < -0.3 is 10.1 Å². The molecule has 0 atom stereocenters. The van der Waals surface area contributed by atoms with Crippen LogP contribution >= 0.6 is 11.8 Å². The average molecular weight is 531 g/mol. The maximum Gasteiger partial charge on any atom is 0.294 e. The molecule has 4 aliphatic carbocycles. The quantitative estimate of drug-likeness (QED) is 0.434. The fraction of sp³-hybridized carbons (Fsp3) is 0.452. The van der Waals surface area contributed by atoms with E-state index in [4.69, 9.17) is 4.74 Å². The Kier molecular flexibility index (Phi) is 6.37. The summed E-state index contributed by atoms with van der Waals surface area (Å²) >= 11 is 0.878. The van der Waals surface area contributed by atoms with Gasteiger partial charge in [0.25, 0.3) is 11.1 Å². The van der Waals surface area contributed by atoms with E-state index < -0.39 is 17.1 Å². The van der Waals surface area contributed by atoms with E-state index in [1.165, 1.54) is 44.1 Å². The second kappa shape index (κ2) is 9.60. The van der Waals surface area contributed by atoms with E-state index >= 15 is 0 Å². The Morgan fingerprint density at radius 2 is 1.74 bits per heavy atom. The van der Waals surface area contributed by atoms with Crippen molar-refractivity contribution in [2.24, 2.45) is 17.8 Å². The van der Waals surface area contributed by atoms with Crippen LogP contribution in [0.1, 0.15) is 60.8 Å². The number of benzene rings is 2. The van der Waals surface area contributed by atoms with E-state index in [1.807, 2.05) is 38.1 Å². The lowest BCUT2D eigenvalue weighted by atomic mass is 9.48. The predicted octanol–water partition coefficient (Wildman–Crippen LogP) is 6.45. The third kappa shape index (κ3) is 4.55. The highest BCUT2D eigenvalue weighted by Crippen LogP contribution is 2.61. The number of rotatable bonds is 6. The number of hydrogen-bond donors (Lipinski definition) is 1. The lowest BCUT2D eigenvalue weighted by molar-refractivity contribution is -0.127. The van der Waals surface area contributed by atoms with Gasteiger partial charge in [0.1, 0.15) is 12.3 Å². The van der Waals surface area contributed by atoms with Crippen molar-refractivity contribution in [1.82, 2.24) is 4.90 Å². The second-order valence-corrected chi connectivity index (χ2v) is 12.8. The molecular weight excluding hydrogens is 496 g/mol. The highest BCUT2D eigenvalue weighted by molar-refractivity contribution is 8.18. The molecule has 5 fully saturated rings. The molecule has 1 heterocycles. The topological polar surface area (TPSA) is 75.7 Å². The number of carbonyl (C=O) groups is 3. The Labute approximate surface area is 228 Å². The van der Waals surface area contributed by atoms with Crippen molar-refractivity contribution in [3.05, 3.63) is 63.6 Å². The number of methoxy groups -OCH3 is 1. The van der Waals surface area contributed by atoms with Gasteiger partial charge in [-0.3, -0.25) is 19.3 Å². The minimum Gasteiger partial charge on any atom is -0.496 e. The summed E-state index contributed by atoms with van der Waals surface area (Å²) in [6, 6.07) is 12.1. The largest absolute Gasteiger partial charge is 0.496 e. The van der Waals surface area contributed by atoms with E-state index in [0.717, 1.165) is 51.1 Å². The molecule has 0 radical (unpaired) electrons. The molecule has 5 aliphatic rings. The molecule has 6 nitrogen and oxygen atoms in total. The van der Waals surface area contributed by atoms with Gasteiger partial charge >= 0.3 is 0 Å². The number of amides is 3. The molecule has 1 N–H and O–H groups in total. The second-order valence-electron chi connectivity index (χ2n) is 11.8. The molecule has 4 bridgehead atoms. The molecule has 0 spiro atoms. The lowest BCUT2D eigenvalue weighted by Crippen LogP contribution is -2.48. The van der Waals surface area contributed by atoms with E-state index in [-0.39, 0.29) is 12.0 Å². The molecule has 7 rings (SSSR count). The smallest absolute Gasteiger partial charge is 0.294 e. The Balaban J connectivity index is 1.22. The number of thioether (sulfide) groups is 1. The molecule has 3 amide bonds.